The first-order valence-corrected chi connectivity index (χ1v) is 6.61. The summed E-state index contributed by atoms with van der Waals surface area (Å²) >= 11 is 1.34. The van der Waals surface area contributed by atoms with E-state index >= 15 is 0 Å². The van der Waals surface area contributed by atoms with E-state index in [2.05, 4.69) is 15.4 Å². The predicted molar refractivity (Wildman–Crippen MR) is 72.1 cm³/mol. The van der Waals surface area contributed by atoms with Gasteiger partial charge in [0.15, 0.2) is 5.13 Å². The van der Waals surface area contributed by atoms with Gasteiger partial charge in [0.25, 0.3) is 0 Å². The Labute approximate surface area is 114 Å². The van der Waals surface area contributed by atoms with Crippen molar-refractivity contribution in [3.05, 3.63) is 29.0 Å². The lowest BCUT2D eigenvalue weighted by Crippen LogP contribution is -2.21. The highest BCUT2D eigenvalue weighted by Gasteiger charge is 2.17. The molecule has 0 radical (unpaired) electrons. The highest BCUT2D eigenvalue weighted by atomic mass is 32.1. The summed E-state index contributed by atoms with van der Waals surface area (Å²) in [6.45, 7) is 3.36. The second-order valence-electron chi connectivity index (χ2n) is 4.10. The normalized spacial score (nSPS) is 12.3. The van der Waals surface area contributed by atoms with Crippen molar-refractivity contribution >= 4 is 22.4 Å². The van der Waals surface area contributed by atoms with Gasteiger partial charge >= 0.3 is 5.97 Å². The van der Waals surface area contributed by atoms with Crippen LogP contribution in [0.25, 0.3) is 0 Å². The Morgan fingerprint density at radius 1 is 1.68 bits per heavy atom. The van der Waals surface area contributed by atoms with Crippen molar-refractivity contribution in [2.75, 3.05) is 11.9 Å². The first-order valence-electron chi connectivity index (χ1n) is 5.73. The second-order valence-corrected chi connectivity index (χ2v) is 4.96. The fourth-order valence-electron chi connectivity index (χ4n) is 1.50. The minimum atomic E-state index is -1.08. The van der Waals surface area contributed by atoms with E-state index < -0.39 is 12.0 Å². The topological polar surface area (TPSA) is 106 Å². The summed E-state index contributed by atoms with van der Waals surface area (Å²) in [5.74, 6) is -1.08. The fraction of sp³-hybridized carbons (Fsp3) is 0.364. The van der Waals surface area contributed by atoms with E-state index in [1.807, 2.05) is 17.8 Å². The van der Waals surface area contributed by atoms with Crippen LogP contribution in [0.3, 0.4) is 0 Å². The number of thiazole rings is 1. The second kappa shape index (κ2) is 5.81. The number of nitrogens with zero attached hydrogens (tertiary/aromatic N) is 3. The Bertz CT molecular complexity index is 565. The monoisotopic (exact) mass is 281 g/mol. The van der Waals surface area contributed by atoms with E-state index in [9.17, 15) is 4.79 Å². The molecule has 0 saturated heterocycles. The Hall–Kier alpha value is -1.93. The molecule has 7 nitrogen and oxygen atoms in total. The Morgan fingerprint density at radius 2 is 2.47 bits per heavy atom. The zero-order chi connectivity index (χ0) is 13.8. The SMILES string of the molecule is Cc1cnn(CCNc2nc(C(N)C(=O)O)cs2)c1. The molecule has 2 rings (SSSR count). The smallest absolute Gasteiger partial charge is 0.326 e. The molecule has 1 unspecified atom stereocenters. The van der Waals surface area contributed by atoms with Crippen molar-refractivity contribution in [1.82, 2.24) is 14.8 Å². The lowest BCUT2D eigenvalue weighted by molar-refractivity contribution is -0.138. The molecule has 0 aromatic carbocycles. The molecule has 4 N–H and O–H groups in total. The zero-order valence-electron chi connectivity index (χ0n) is 10.4. The maximum absolute atomic E-state index is 10.7. The summed E-state index contributed by atoms with van der Waals surface area (Å²) in [5.41, 5.74) is 6.96. The van der Waals surface area contributed by atoms with Gasteiger partial charge in [0, 0.05) is 18.1 Å². The molecule has 19 heavy (non-hydrogen) atoms. The van der Waals surface area contributed by atoms with E-state index in [0.717, 1.165) is 5.56 Å². The van der Waals surface area contributed by atoms with Crippen molar-refractivity contribution in [2.24, 2.45) is 5.73 Å². The Morgan fingerprint density at radius 3 is 3.11 bits per heavy atom. The van der Waals surface area contributed by atoms with Crippen molar-refractivity contribution < 1.29 is 9.90 Å². The summed E-state index contributed by atoms with van der Waals surface area (Å²) in [6.07, 6.45) is 3.75. The number of aromatic nitrogens is 3. The number of carbonyl (C=O) groups is 1. The number of carboxylic acid groups (broad SMARTS) is 1. The van der Waals surface area contributed by atoms with Crippen LogP contribution >= 0.6 is 11.3 Å². The van der Waals surface area contributed by atoms with Crippen molar-refractivity contribution in [3.8, 4) is 0 Å². The summed E-state index contributed by atoms with van der Waals surface area (Å²) in [5, 5.41) is 18.4. The molecule has 2 heterocycles. The van der Waals surface area contributed by atoms with Crippen LogP contribution in [-0.2, 0) is 11.3 Å². The molecular formula is C11H15N5O2S. The van der Waals surface area contributed by atoms with Crippen LogP contribution in [-0.4, -0.2) is 32.4 Å². The van der Waals surface area contributed by atoms with Gasteiger partial charge in [-0.05, 0) is 12.5 Å². The minimum absolute atomic E-state index is 0.370. The molecule has 0 aliphatic carbocycles. The van der Waals surface area contributed by atoms with Crippen molar-refractivity contribution in [2.45, 2.75) is 19.5 Å². The van der Waals surface area contributed by atoms with Gasteiger partial charge in [-0.15, -0.1) is 11.3 Å². The average molecular weight is 281 g/mol. The van der Waals surface area contributed by atoms with Crippen LogP contribution in [0.5, 0.6) is 0 Å². The lowest BCUT2D eigenvalue weighted by atomic mass is 10.2. The summed E-state index contributed by atoms with van der Waals surface area (Å²) < 4.78 is 1.83. The Balaban J connectivity index is 1.85. The van der Waals surface area contributed by atoms with Crippen LogP contribution in [0.4, 0.5) is 5.13 Å². The number of aryl methyl sites for hydroxylation is 1. The number of aliphatic carboxylic acids is 1. The van der Waals surface area contributed by atoms with Gasteiger partial charge in [0.05, 0.1) is 18.4 Å². The molecule has 0 aliphatic rings. The molecule has 0 bridgehead atoms. The van der Waals surface area contributed by atoms with E-state index in [1.165, 1.54) is 11.3 Å². The number of nitrogens with two attached hydrogens (primary N) is 1. The average Bonchev–Trinajstić information content (AvgIpc) is 2.98. The van der Waals surface area contributed by atoms with Crippen molar-refractivity contribution in [1.29, 1.82) is 0 Å². The number of nitrogens with one attached hydrogen (secondary N) is 1. The molecule has 102 valence electrons. The van der Waals surface area contributed by atoms with E-state index in [-0.39, 0.29) is 0 Å². The molecule has 8 heteroatoms. The van der Waals surface area contributed by atoms with Crippen LogP contribution in [0.2, 0.25) is 0 Å². The minimum Gasteiger partial charge on any atom is -0.480 e. The van der Waals surface area contributed by atoms with E-state index in [1.54, 1.807) is 11.6 Å². The van der Waals surface area contributed by atoms with Crippen LogP contribution in [0.15, 0.2) is 17.8 Å². The van der Waals surface area contributed by atoms with Gasteiger partial charge < -0.3 is 16.2 Å². The Kier molecular flexibility index (Phi) is 4.13. The summed E-state index contributed by atoms with van der Waals surface area (Å²) in [6, 6.07) is -1.07. The van der Waals surface area contributed by atoms with Crippen LogP contribution in [0, 0.1) is 6.92 Å². The molecule has 0 aliphatic heterocycles. The van der Waals surface area contributed by atoms with Gasteiger partial charge in [-0.25, -0.2) is 4.98 Å². The van der Waals surface area contributed by atoms with Gasteiger partial charge in [0.2, 0.25) is 0 Å². The highest BCUT2D eigenvalue weighted by Crippen LogP contribution is 2.19. The summed E-state index contributed by atoms with van der Waals surface area (Å²) in [7, 11) is 0. The first-order chi connectivity index (χ1) is 9.06. The molecule has 2 aromatic rings. The first kappa shape index (κ1) is 13.5. The molecule has 2 aromatic heterocycles. The molecular weight excluding hydrogens is 266 g/mol. The standard InChI is InChI=1S/C11H15N5O2S/c1-7-4-14-16(5-7)3-2-13-11-15-8(6-19-11)9(12)10(17)18/h4-6,9H,2-3,12H2,1H3,(H,13,15)(H,17,18). The maximum atomic E-state index is 10.7. The number of rotatable bonds is 6. The molecule has 0 spiro atoms. The third-order valence-electron chi connectivity index (χ3n) is 2.49. The third-order valence-corrected chi connectivity index (χ3v) is 3.30. The largest absolute Gasteiger partial charge is 0.480 e. The quantitative estimate of drug-likeness (QED) is 0.724. The van der Waals surface area contributed by atoms with Gasteiger partial charge in [-0.3, -0.25) is 9.48 Å². The predicted octanol–water partition coefficient (Wildman–Crippen LogP) is 0.845. The van der Waals surface area contributed by atoms with Gasteiger partial charge in [-0.1, -0.05) is 0 Å². The summed E-state index contributed by atoms with van der Waals surface area (Å²) in [4.78, 5) is 14.9. The fourth-order valence-corrected chi connectivity index (χ4v) is 2.28. The molecule has 0 fully saturated rings. The lowest BCUT2D eigenvalue weighted by Gasteiger charge is -2.03. The van der Waals surface area contributed by atoms with E-state index in [4.69, 9.17) is 10.8 Å². The highest BCUT2D eigenvalue weighted by molar-refractivity contribution is 7.13. The number of hydrogen-bond acceptors (Lipinski definition) is 6. The number of carboxylic acids is 1. The van der Waals surface area contributed by atoms with E-state index in [0.29, 0.717) is 23.9 Å². The van der Waals surface area contributed by atoms with Crippen molar-refractivity contribution in [3.63, 3.8) is 0 Å². The number of anilines is 1. The molecule has 0 saturated carbocycles. The van der Waals surface area contributed by atoms with Crippen LogP contribution < -0.4 is 11.1 Å². The van der Waals surface area contributed by atoms with Gasteiger partial charge in [0.1, 0.15) is 6.04 Å². The maximum Gasteiger partial charge on any atom is 0.326 e. The zero-order valence-corrected chi connectivity index (χ0v) is 11.2. The molecule has 0 amide bonds. The third kappa shape index (κ3) is 3.52. The van der Waals surface area contributed by atoms with Gasteiger partial charge in [-0.2, -0.15) is 5.10 Å². The number of hydrogen-bond donors (Lipinski definition) is 3. The molecule has 1 atom stereocenters. The van der Waals surface area contributed by atoms with Crippen LogP contribution in [0.1, 0.15) is 17.3 Å².